The average Bonchev–Trinajstić information content (AvgIpc) is 3.13. The van der Waals surface area contributed by atoms with E-state index >= 15 is 0 Å². The molecule has 0 spiro atoms. The van der Waals surface area contributed by atoms with Gasteiger partial charge in [-0.25, -0.2) is 4.98 Å². The summed E-state index contributed by atoms with van der Waals surface area (Å²) in [5.74, 6) is 1.41. The van der Waals surface area contributed by atoms with Crippen molar-refractivity contribution < 1.29 is 9.53 Å². The summed E-state index contributed by atoms with van der Waals surface area (Å²) < 4.78 is 5.41. The molecule has 122 valence electrons. The molecule has 0 aliphatic heterocycles. The van der Waals surface area contributed by atoms with Crippen molar-refractivity contribution in [3.8, 4) is 5.75 Å². The molecule has 1 amide bonds. The molecule has 0 bridgehead atoms. The first-order chi connectivity index (χ1) is 11.7. The lowest BCUT2D eigenvalue weighted by Crippen LogP contribution is -2.10. The van der Waals surface area contributed by atoms with E-state index in [4.69, 9.17) is 4.74 Å². The largest absolute Gasteiger partial charge is 0.494 e. The third kappa shape index (κ3) is 4.11. The van der Waals surface area contributed by atoms with Crippen LogP contribution in [-0.2, 0) is 0 Å². The first kappa shape index (κ1) is 16.0. The minimum Gasteiger partial charge on any atom is -0.494 e. The van der Waals surface area contributed by atoms with Crippen molar-refractivity contribution in [2.45, 2.75) is 6.92 Å². The molecular formula is C18H17N3O2S. The van der Waals surface area contributed by atoms with Crippen LogP contribution in [0.4, 0.5) is 17.2 Å². The van der Waals surface area contributed by atoms with Gasteiger partial charge in [0.05, 0.1) is 23.4 Å². The van der Waals surface area contributed by atoms with E-state index in [-0.39, 0.29) is 5.91 Å². The van der Waals surface area contributed by atoms with Gasteiger partial charge in [-0.05, 0) is 54.8 Å². The molecule has 0 unspecified atom stereocenters. The Morgan fingerprint density at radius 3 is 2.54 bits per heavy atom. The number of benzene rings is 1. The zero-order valence-electron chi connectivity index (χ0n) is 13.2. The highest BCUT2D eigenvalue weighted by Crippen LogP contribution is 2.20. The lowest BCUT2D eigenvalue weighted by atomic mass is 10.3. The Kier molecular flexibility index (Phi) is 5.08. The SMILES string of the molecule is CCOc1ccc(Nc2ccc(NC(=O)c3cccs3)cn2)cc1. The molecule has 2 heterocycles. The van der Waals surface area contributed by atoms with E-state index in [0.717, 1.165) is 11.4 Å². The Labute approximate surface area is 144 Å². The van der Waals surface area contributed by atoms with Gasteiger partial charge in [0, 0.05) is 5.69 Å². The Hall–Kier alpha value is -2.86. The predicted molar refractivity (Wildman–Crippen MR) is 97.4 cm³/mol. The minimum absolute atomic E-state index is 0.126. The van der Waals surface area contributed by atoms with Gasteiger partial charge in [-0.3, -0.25) is 4.79 Å². The van der Waals surface area contributed by atoms with E-state index in [1.165, 1.54) is 11.3 Å². The molecule has 0 saturated heterocycles. The number of amides is 1. The van der Waals surface area contributed by atoms with E-state index in [9.17, 15) is 4.79 Å². The second kappa shape index (κ2) is 7.61. The molecule has 24 heavy (non-hydrogen) atoms. The summed E-state index contributed by atoms with van der Waals surface area (Å²) in [6, 6.07) is 14.9. The maximum atomic E-state index is 12.0. The van der Waals surface area contributed by atoms with Crippen LogP contribution >= 0.6 is 11.3 Å². The fourth-order valence-electron chi connectivity index (χ4n) is 2.09. The lowest BCUT2D eigenvalue weighted by Gasteiger charge is -2.08. The molecule has 3 rings (SSSR count). The third-order valence-electron chi connectivity index (χ3n) is 3.20. The van der Waals surface area contributed by atoms with Gasteiger partial charge in [-0.2, -0.15) is 0 Å². The van der Waals surface area contributed by atoms with Crippen LogP contribution < -0.4 is 15.4 Å². The van der Waals surface area contributed by atoms with E-state index < -0.39 is 0 Å². The highest BCUT2D eigenvalue weighted by Gasteiger charge is 2.07. The van der Waals surface area contributed by atoms with Crippen LogP contribution in [-0.4, -0.2) is 17.5 Å². The molecular weight excluding hydrogens is 322 g/mol. The molecule has 0 atom stereocenters. The second-order valence-corrected chi connectivity index (χ2v) is 5.89. The predicted octanol–water partition coefficient (Wildman–Crippen LogP) is 4.54. The average molecular weight is 339 g/mol. The number of hydrogen-bond acceptors (Lipinski definition) is 5. The van der Waals surface area contributed by atoms with Gasteiger partial charge < -0.3 is 15.4 Å². The number of thiophene rings is 1. The quantitative estimate of drug-likeness (QED) is 0.692. The summed E-state index contributed by atoms with van der Waals surface area (Å²) in [6.45, 7) is 2.60. The summed E-state index contributed by atoms with van der Waals surface area (Å²) >= 11 is 1.40. The van der Waals surface area contributed by atoms with Crippen molar-refractivity contribution in [3.63, 3.8) is 0 Å². The Balaban J connectivity index is 1.61. The fourth-order valence-corrected chi connectivity index (χ4v) is 2.71. The van der Waals surface area contributed by atoms with Crippen molar-refractivity contribution in [3.05, 3.63) is 65.0 Å². The molecule has 2 aromatic heterocycles. The van der Waals surface area contributed by atoms with Crippen molar-refractivity contribution in [2.75, 3.05) is 17.2 Å². The molecule has 0 aliphatic carbocycles. The summed E-state index contributed by atoms with van der Waals surface area (Å²) in [7, 11) is 0. The highest BCUT2D eigenvalue weighted by molar-refractivity contribution is 7.12. The number of carbonyl (C=O) groups excluding carboxylic acids is 1. The van der Waals surface area contributed by atoms with Gasteiger partial charge in [0.15, 0.2) is 0 Å². The highest BCUT2D eigenvalue weighted by atomic mass is 32.1. The van der Waals surface area contributed by atoms with Crippen molar-refractivity contribution >= 4 is 34.4 Å². The Bertz CT molecular complexity index is 784. The first-order valence-corrected chi connectivity index (χ1v) is 8.43. The molecule has 3 aromatic rings. The lowest BCUT2D eigenvalue weighted by molar-refractivity contribution is 0.103. The summed E-state index contributed by atoms with van der Waals surface area (Å²) in [4.78, 5) is 17.0. The number of anilines is 3. The fraction of sp³-hybridized carbons (Fsp3) is 0.111. The monoisotopic (exact) mass is 339 g/mol. The van der Waals surface area contributed by atoms with Crippen LogP contribution in [0.1, 0.15) is 16.6 Å². The molecule has 2 N–H and O–H groups in total. The Morgan fingerprint density at radius 2 is 1.92 bits per heavy atom. The first-order valence-electron chi connectivity index (χ1n) is 7.55. The second-order valence-electron chi connectivity index (χ2n) is 4.95. The van der Waals surface area contributed by atoms with Gasteiger partial charge in [-0.1, -0.05) is 6.07 Å². The van der Waals surface area contributed by atoms with Gasteiger partial charge in [0.25, 0.3) is 5.91 Å². The van der Waals surface area contributed by atoms with Crippen LogP contribution in [0.2, 0.25) is 0 Å². The molecule has 5 nitrogen and oxygen atoms in total. The van der Waals surface area contributed by atoms with Gasteiger partial charge in [0.1, 0.15) is 11.6 Å². The molecule has 1 aromatic carbocycles. The van der Waals surface area contributed by atoms with Crippen molar-refractivity contribution in [1.82, 2.24) is 4.98 Å². The number of hydrogen-bond donors (Lipinski definition) is 2. The molecule has 6 heteroatoms. The van der Waals surface area contributed by atoms with E-state index in [2.05, 4.69) is 15.6 Å². The zero-order valence-corrected chi connectivity index (χ0v) is 14.0. The maximum Gasteiger partial charge on any atom is 0.265 e. The number of ether oxygens (including phenoxy) is 1. The molecule has 0 radical (unpaired) electrons. The smallest absolute Gasteiger partial charge is 0.265 e. The molecule has 0 fully saturated rings. The van der Waals surface area contributed by atoms with Gasteiger partial charge >= 0.3 is 0 Å². The maximum absolute atomic E-state index is 12.0. The van der Waals surface area contributed by atoms with Gasteiger partial charge in [-0.15, -0.1) is 11.3 Å². The number of pyridine rings is 1. The number of nitrogens with one attached hydrogen (secondary N) is 2. The van der Waals surface area contributed by atoms with Crippen molar-refractivity contribution in [1.29, 1.82) is 0 Å². The third-order valence-corrected chi connectivity index (χ3v) is 4.07. The number of carbonyl (C=O) groups is 1. The normalized spacial score (nSPS) is 10.2. The van der Waals surface area contributed by atoms with E-state index in [1.54, 1.807) is 12.3 Å². The zero-order chi connectivity index (χ0) is 16.8. The topological polar surface area (TPSA) is 63.2 Å². The van der Waals surface area contributed by atoms with E-state index in [1.807, 2.05) is 54.8 Å². The van der Waals surface area contributed by atoms with Crippen molar-refractivity contribution in [2.24, 2.45) is 0 Å². The summed E-state index contributed by atoms with van der Waals surface area (Å²) in [5.41, 5.74) is 1.58. The van der Waals surface area contributed by atoms with E-state index in [0.29, 0.717) is 23.0 Å². The number of nitrogens with zero attached hydrogens (tertiary/aromatic N) is 1. The molecule has 0 aliphatic rings. The van der Waals surface area contributed by atoms with Crippen LogP contribution in [0, 0.1) is 0 Å². The minimum atomic E-state index is -0.126. The van der Waals surface area contributed by atoms with Crippen LogP contribution in [0.25, 0.3) is 0 Å². The van der Waals surface area contributed by atoms with Crippen LogP contribution in [0.5, 0.6) is 5.75 Å². The van der Waals surface area contributed by atoms with Crippen LogP contribution in [0.3, 0.4) is 0 Å². The molecule has 0 saturated carbocycles. The number of rotatable bonds is 6. The summed E-state index contributed by atoms with van der Waals surface area (Å²) in [6.07, 6.45) is 1.63. The standard InChI is InChI=1S/C18H17N3O2S/c1-2-23-15-8-5-13(6-9-15)20-17-10-7-14(12-19-17)21-18(22)16-4-3-11-24-16/h3-12H,2H2,1H3,(H,19,20)(H,21,22). The van der Waals surface area contributed by atoms with Gasteiger partial charge in [0.2, 0.25) is 0 Å². The number of aromatic nitrogens is 1. The summed E-state index contributed by atoms with van der Waals surface area (Å²) in [5, 5.41) is 7.90. The van der Waals surface area contributed by atoms with Crippen LogP contribution in [0.15, 0.2) is 60.1 Å². The Morgan fingerprint density at radius 1 is 1.12 bits per heavy atom.